The van der Waals surface area contributed by atoms with Crippen molar-refractivity contribution in [2.45, 2.75) is 26.3 Å². The molecule has 0 saturated carbocycles. The maximum atomic E-state index is 13.1. The molecule has 9 heteroatoms. The number of benzene rings is 1. The molecular weight excluding hydrogens is 360 g/mol. The van der Waals surface area contributed by atoms with Crippen molar-refractivity contribution < 1.29 is 14.1 Å². The number of carbonyl (C=O) groups excluding carboxylic acids is 1. The van der Waals surface area contributed by atoms with E-state index in [1.54, 1.807) is 16.5 Å². The van der Waals surface area contributed by atoms with Crippen LogP contribution in [-0.4, -0.2) is 50.6 Å². The Morgan fingerprint density at radius 1 is 1.32 bits per heavy atom. The van der Waals surface area contributed by atoms with Gasteiger partial charge in [-0.25, -0.2) is 14.5 Å². The van der Waals surface area contributed by atoms with Gasteiger partial charge in [0.2, 0.25) is 0 Å². The fourth-order valence-corrected chi connectivity index (χ4v) is 3.30. The summed E-state index contributed by atoms with van der Waals surface area (Å²) in [5.41, 5.74) is 2.16. The van der Waals surface area contributed by atoms with Crippen LogP contribution in [0.15, 0.2) is 41.2 Å². The summed E-state index contributed by atoms with van der Waals surface area (Å²) in [6.45, 7) is 5.02. The lowest BCUT2D eigenvalue weighted by Crippen LogP contribution is -2.46. The first-order valence-corrected chi connectivity index (χ1v) is 9.25. The fourth-order valence-electron chi connectivity index (χ4n) is 3.30. The molecule has 1 saturated heterocycles. The second kappa shape index (κ2) is 7.81. The van der Waals surface area contributed by atoms with Crippen molar-refractivity contribution in [3.8, 4) is 5.69 Å². The van der Waals surface area contributed by atoms with Gasteiger partial charge in [0.25, 0.3) is 0 Å². The van der Waals surface area contributed by atoms with Crippen molar-refractivity contribution in [2.24, 2.45) is 0 Å². The predicted molar refractivity (Wildman–Crippen MR) is 101 cm³/mol. The third-order valence-corrected chi connectivity index (χ3v) is 4.75. The highest BCUT2D eigenvalue weighted by Gasteiger charge is 2.33. The highest BCUT2D eigenvalue weighted by atomic mass is 16.5. The molecule has 2 aromatic heterocycles. The molecule has 9 nitrogen and oxygen atoms in total. The Kier molecular flexibility index (Phi) is 5.07. The number of nitrogens with zero attached hydrogens (tertiary/aromatic N) is 5. The van der Waals surface area contributed by atoms with Crippen molar-refractivity contribution in [2.75, 3.05) is 25.1 Å². The van der Waals surface area contributed by atoms with E-state index >= 15 is 0 Å². The number of rotatable bonds is 4. The van der Waals surface area contributed by atoms with Gasteiger partial charge in [0.15, 0.2) is 11.6 Å². The third kappa shape index (κ3) is 3.36. The monoisotopic (exact) mass is 382 g/mol. The standard InChI is InChI=1S/C19H22N6O3/c1-3-16-17(13(2)23-28-16)22-19(26)24-9-10-27-11-15(24)18-20-12-21-25(18)14-7-5-4-6-8-14/h4-8,12,15H,3,9-11H2,1-2H3,(H,22,26). The number of para-hydroxylation sites is 1. The molecule has 2 amide bonds. The van der Waals surface area contributed by atoms with Gasteiger partial charge in [0.1, 0.15) is 23.8 Å². The molecule has 0 spiro atoms. The van der Waals surface area contributed by atoms with E-state index in [-0.39, 0.29) is 12.1 Å². The molecule has 1 fully saturated rings. The number of hydrogen-bond acceptors (Lipinski definition) is 6. The Labute approximate surface area is 162 Å². The van der Waals surface area contributed by atoms with E-state index in [0.29, 0.717) is 49.1 Å². The minimum absolute atomic E-state index is 0.239. The summed E-state index contributed by atoms with van der Waals surface area (Å²) in [5.74, 6) is 1.31. The highest BCUT2D eigenvalue weighted by molar-refractivity contribution is 5.90. The lowest BCUT2D eigenvalue weighted by atomic mass is 10.2. The zero-order valence-corrected chi connectivity index (χ0v) is 15.8. The lowest BCUT2D eigenvalue weighted by Gasteiger charge is -2.34. The summed E-state index contributed by atoms with van der Waals surface area (Å²) in [7, 11) is 0. The first kappa shape index (κ1) is 18.2. The number of anilines is 1. The molecule has 0 radical (unpaired) electrons. The molecule has 1 aliphatic heterocycles. The number of nitrogens with one attached hydrogen (secondary N) is 1. The third-order valence-electron chi connectivity index (χ3n) is 4.75. The van der Waals surface area contributed by atoms with Crippen molar-refractivity contribution in [1.82, 2.24) is 24.8 Å². The molecule has 0 bridgehead atoms. The summed E-state index contributed by atoms with van der Waals surface area (Å²) < 4.78 is 12.7. The van der Waals surface area contributed by atoms with E-state index in [1.165, 1.54) is 6.33 Å². The molecule has 1 N–H and O–H groups in total. The van der Waals surface area contributed by atoms with Crippen LogP contribution in [0.3, 0.4) is 0 Å². The Hall–Kier alpha value is -3.20. The number of aromatic nitrogens is 4. The van der Waals surface area contributed by atoms with Crippen LogP contribution in [0.5, 0.6) is 0 Å². The number of hydrogen-bond donors (Lipinski definition) is 1. The molecule has 1 unspecified atom stereocenters. The fraction of sp³-hybridized carbons (Fsp3) is 0.368. The van der Waals surface area contributed by atoms with Gasteiger partial charge in [-0.15, -0.1) is 0 Å². The van der Waals surface area contributed by atoms with Crippen molar-refractivity contribution >= 4 is 11.7 Å². The number of carbonyl (C=O) groups is 1. The Morgan fingerprint density at radius 2 is 2.14 bits per heavy atom. The molecule has 28 heavy (non-hydrogen) atoms. The van der Waals surface area contributed by atoms with Gasteiger partial charge in [0.05, 0.1) is 18.9 Å². The van der Waals surface area contributed by atoms with Gasteiger partial charge in [0, 0.05) is 13.0 Å². The van der Waals surface area contributed by atoms with Crippen LogP contribution in [-0.2, 0) is 11.2 Å². The molecule has 3 heterocycles. The second-order valence-corrected chi connectivity index (χ2v) is 6.50. The minimum atomic E-state index is -0.360. The number of morpholine rings is 1. The van der Waals surface area contributed by atoms with Crippen LogP contribution in [0, 0.1) is 6.92 Å². The molecule has 1 atom stereocenters. The molecular formula is C19H22N6O3. The number of amides is 2. The summed E-state index contributed by atoms with van der Waals surface area (Å²) >= 11 is 0. The van der Waals surface area contributed by atoms with Crippen molar-refractivity contribution in [1.29, 1.82) is 0 Å². The molecule has 146 valence electrons. The van der Waals surface area contributed by atoms with Crippen LogP contribution in [0.4, 0.5) is 10.5 Å². The largest absolute Gasteiger partial charge is 0.377 e. The van der Waals surface area contributed by atoms with Gasteiger partial charge < -0.3 is 19.5 Å². The van der Waals surface area contributed by atoms with Gasteiger partial charge in [-0.3, -0.25) is 0 Å². The normalized spacial score (nSPS) is 16.9. The van der Waals surface area contributed by atoms with E-state index in [1.807, 2.05) is 37.3 Å². The van der Waals surface area contributed by atoms with Crippen LogP contribution in [0.2, 0.25) is 0 Å². The number of ether oxygens (including phenoxy) is 1. The average molecular weight is 382 g/mol. The van der Waals surface area contributed by atoms with Gasteiger partial charge in [-0.05, 0) is 19.1 Å². The SMILES string of the molecule is CCc1onc(C)c1NC(=O)N1CCOCC1c1ncnn1-c1ccccc1. The molecule has 0 aliphatic carbocycles. The zero-order chi connectivity index (χ0) is 19.5. The first-order valence-electron chi connectivity index (χ1n) is 9.25. The van der Waals surface area contributed by atoms with E-state index in [2.05, 4.69) is 20.6 Å². The first-order chi connectivity index (χ1) is 13.7. The summed E-state index contributed by atoms with van der Waals surface area (Å²) in [5, 5.41) is 11.2. The highest BCUT2D eigenvalue weighted by Crippen LogP contribution is 2.27. The maximum absolute atomic E-state index is 13.1. The minimum Gasteiger partial charge on any atom is -0.377 e. The maximum Gasteiger partial charge on any atom is 0.322 e. The molecule has 1 aliphatic rings. The van der Waals surface area contributed by atoms with Crippen LogP contribution in [0.25, 0.3) is 5.69 Å². The molecule has 3 aromatic rings. The van der Waals surface area contributed by atoms with Gasteiger partial charge in [-0.1, -0.05) is 30.3 Å². The van der Waals surface area contributed by atoms with Gasteiger partial charge >= 0.3 is 6.03 Å². The lowest BCUT2D eigenvalue weighted by molar-refractivity contribution is 0.0110. The van der Waals surface area contributed by atoms with Crippen LogP contribution >= 0.6 is 0 Å². The summed E-state index contributed by atoms with van der Waals surface area (Å²) in [6.07, 6.45) is 2.14. The molecule has 1 aromatic carbocycles. The predicted octanol–water partition coefficient (Wildman–Crippen LogP) is 2.73. The Balaban J connectivity index is 1.62. The van der Waals surface area contributed by atoms with E-state index in [4.69, 9.17) is 9.26 Å². The van der Waals surface area contributed by atoms with E-state index in [0.717, 1.165) is 5.69 Å². The number of aryl methyl sites for hydroxylation is 2. The summed E-state index contributed by atoms with van der Waals surface area (Å²) in [4.78, 5) is 19.2. The average Bonchev–Trinajstić information content (AvgIpc) is 3.36. The Morgan fingerprint density at radius 3 is 2.93 bits per heavy atom. The quantitative estimate of drug-likeness (QED) is 0.745. The van der Waals surface area contributed by atoms with Crippen LogP contribution in [0.1, 0.15) is 30.2 Å². The van der Waals surface area contributed by atoms with Crippen LogP contribution < -0.4 is 5.32 Å². The van der Waals surface area contributed by atoms with Crippen molar-refractivity contribution in [3.05, 3.63) is 53.9 Å². The summed E-state index contributed by atoms with van der Waals surface area (Å²) in [6, 6.07) is 9.10. The van der Waals surface area contributed by atoms with Gasteiger partial charge in [-0.2, -0.15) is 5.10 Å². The topological polar surface area (TPSA) is 98.3 Å². The van der Waals surface area contributed by atoms with E-state index < -0.39 is 0 Å². The Bertz CT molecular complexity index is 952. The van der Waals surface area contributed by atoms with E-state index in [9.17, 15) is 4.79 Å². The number of urea groups is 1. The smallest absolute Gasteiger partial charge is 0.322 e. The van der Waals surface area contributed by atoms with Crippen molar-refractivity contribution in [3.63, 3.8) is 0 Å². The molecule has 4 rings (SSSR count). The zero-order valence-electron chi connectivity index (χ0n) is 15.8. The second-order valence-electron chi connectivity index (χ2n) is 6.50.